The van der Waals surface area contributed by atoms with Gasteiger partial charge >= 0.3 is 5.97 Å². The van der Waals surface area contributed by atoms with Gasteiger partial charge in [-0.05, 0) is 46.2 Å². The molecule has 0 aliphatic heterocycles. The summed E-state index contributed by atoms with van der Waals surface area (Å²) in [5.41, 5.74) is 2.99. The number of fused-ring (bicyclic) bond motifs is 1. The highest BCUT2D eigenvalue weighted by atomic mass is 32.2. The van der Waals surface area contributed by atoms with Crippen LogP contribution in [0.5, 0.6) is 0 Å². The number of H-pyrrole nitrogens is 1. The van der Waals surface area contributed by atoms with E-state index in [2.05, 4.69) is 15.0 Å². The maximum Gasteiger partial charge on any atom is 0.340 e. The predicted octanol–water partition coefficient (Wildman–Crippen LogP) is 4.42. The molecule has 1 aromatic carbocycles. The Balaban J connectivity index is 1.91. The van der Waals surface area contributed by atoms with Crippen molar-refractivity contribution >= 4 is 34.4 Å². The van der Waals surface area contributed by atoms with Gasteiger partial charge in [0.2, 0.25) is 0 Å². The molecule has 3 rings (SSSR count). The van der Waals surface area contributed by atoms with Gasteiger partial charge in [-0.3, -0.25) is 4.79 Å². The fraction of sp³-hybridized carbons (Fsp3) is 0.333. The Morgan fingerprint density at radius 2 is 1.89 bits per heavy atom. The second-order valence-corrected chi connectivity index (χ2v) is 7.89. The second-order valence-electron chi connectivity index (χ2n) is 6.56. The fourth-order valence-electron chi connectivity index (χ4n) is 3.18. The zero-order valence-corrected chi connectivity index (χ0v) is 17.4. The van der Waals surface area contributed by atoms with Gasteiger partial charge in [-0.1, -0.05) is 30.0 Å². The smallest absolute Gasteiger partial charge is 0.340 e. The molecule has 0 fully saturated rings. The fourth-order valence-corrected chi connectivity index (χ4v) is 4.22. The normalized spacial score (nSPS) is 12.2. The highest BCUT2D eigenvalue weighted by Crippen LogP contribution is 2.31. The Hall–Kier alpha value is -2.67. The van der Waals surface area contributed by atoms with Gasteiger partial charge in [0.1, 0.15) is 10.9 Å². The monoisotopic (exact) mass is 397 g/mol. The van der Waals surface area contributed by atoms with E-state index >= 15 is 0 Å². The van der Waals surface area contributed by atoms with E-state index in [1.165, 1.54) is 11.8 Å². The molecule has 0 bridgehead atoms. The first-order chi connectivity index (χ1) is 13.3. The molecule has 146 valence electrons. The number of ether oxygens (including phenoxy) is 1. The van der Waals surface area contributed by atoms with Crippen LogP contribution in [0.4, 0.5) is 0 Å². The van der Waals surface area contributed by atoms with Crippen LogP contribution in [0.1, 0.15) is 51.8 Å². The third kappa shape index (κ3) is 3.80. The van der Waals surface area contributed by atoms with Gasteiger partial charge in [-0.2, -0.15) is 0 Å². The first-order valence-corrected chi connectivity index (χ1v) is 10.0. The van der Waals surface area contributed by atoms with Gasteiger partial charge in [-0.15, -0.1) is 0 Å². The van der Waals surface area contributed by atoms with Crippen molar-refractivity contribution in [1.82, 2.24) is 15.0 Å². The van der Waals surface area contributed by atoms with E-state index in [1.807, 2.05) is 38.1 Å². The van der Waals surface area contributed by atoms with Crippen LogP contribution in [0.25, 0.3) is 10.9 Å². The number of aryl methyl sites for hydroxylation is 2. The number of nitrogens with zero attached hydrogens (tertiary/aromatic N) is 2. The highest BCUT2D eigenvalue weighted by Gasteiger charge is 2.26. The molecular formula is C21H23N3O3S. The number of hydrogen-bond acceptors (Lipinski definition) is 6. The minimum atomic E-state index is -0.412. The van der Waals surface area contributed by atoms with Crippen LogP contribution in [-0.4, -0.2) is 38.6 Å². The molecule has 28 heavy (non-hydrogen) atoms. The number of carbonyl (C=O) groups is 2. The Labute approximate surface area is 168 Å². The number of esters is 1. The quantitative estimate of drug-likeness (QED) is 0.287. The molecule has 3 aromatic rings. The molecule has 0 unspecified atom stereocenters. The summed E-state index contributed by atoms with van der Waals surface area (Å²) in [6.07, 6.45) is 0. The molecule has 0 saturated carbocycles. The average Bonchev–Trinajstić information content (AvgIpc) is 2.95. The number of para-hydroxylation sites is 1. The van der Waals surface area contributed by atoms with Crippen molar-refractivity contribution in [3.05, 3.63) is 52.6 Å². The lowest BCUT2D eigenvalue weighted by Gasteiger charge is -2.12. The van der Waals surface area contributed by atoms with E-state index < -0.39 is 5.97 Å². The molecular weight excluding hydrogens is 374 g/mol. The van der Waals surface area contributed by atoms with E-state index in [4.69, 9.17) is 4.74 Å². The number of benzene rings is 1. The maximum atomic E-state index is 13.1. The molecule has 0 spiro atoms. The largest absolute Gasteiger partial charge is 0.462 e. The molecule has 2 heterocycles. The van der Waals surface area contributed by atoms with Gasteiger partial charge < -0.3 is 9.72 Å². The number of aromatic nitrogens is 3. The molecule has 0 radical (unpaired) electrons. The van der Waals surface area contributed by atoms with Crippen LogP contribution in [0, 0.1) is 20.8 Å². The third-order valence-corrected chi connectivity index (χ3v) is 5.60. The summed E-state index contributed by atoms with van der Waals surface area (Å²) in [4.78, 5) is 37.3. The summed E-state index contributed by atoms with van der Waals surface area (Å²) < 4.78 is 5.11. The predicted molar refractivity (Wildman–Crippen MR) is 110 cm³/mol. The molecule has 1 atom stereocenters. The van der Waals surface area contributed by atoms with E-state index in [0.717, 1.165) is 15.9 Å². The van der Waals surface area contributed by atoms with Crippen LogP contribution in [0.15, 0.2) is 29.3 Å². The number of hydrogen-bond donors (Lipinski definition) is 1. The Morgan fingerprint density at radius 3 is 2.61 bits per heavy atom. The summed E-state index contributed by atoms with van der Waals surface area (Å²) in [5.74, 6) is 0.171. The molecule has 1 N–H and O–H groups in total. The van der Waals surface area contributed by atoms with E-state index in [1.54, 1.807) is 20.8 Å². The maximum absolute atomic E-state index is 13.1. The summed E-state index contributed by atoms with van der Waals surface area (Å²) >= 11 is 1.40. The van der Waals surface area contributed by atoms with Gasteiger partial charge in [0.25, 0.3) is 0 Å². The number of thioether (sulfide) groups is 1. The van der Waals surface area contributed by atoms with Crippen LogP contribution in [0.2, 0.25) is 0 Å². The molecule has 2 aromatic heterocycles. The molecule has 0 saturated heterocycles. The number of rotatable bonds is 6. The van der Waals surface area contributed by atoms with Crippen molar-refractivity contribution < 1.29 is 14.3 Å². The zero-order valence-electron chi connectivity index (χ0n) is 16.6. The van der Waals surface area contributed by atoms with Gasteiger partial charge in [0, 0.05) is 11.1 Å². The molecule has 6 nitrogen and oxygen atoms in total. The number of ketones is 1. The standard InChI is InChI=1S/C21H23N3O3S/c1-6-27-21(26)17-11(2)18(22-12(17)3)19(25)13(4)28-20-15-9-7-8-10-16(15)23-14(5)24-20/h7-10,13,22H,6H2,1-5H3/t13-/m1/s1. The van der Waals surface area contributed by atoms with Crippen LogP contribution < -0.4 is 0 Å². The Bertz CT molecular complexity index is 1060. The van der Waals surface area contributed by atoms with E-state index in [-0.39, 0.29) is 11.0 Å². The van der Waals surface area contributed by atoms with Crippen LogP contribution >= 0.6 is 11.8 Å². The molecule has 0 amide bonds. The van der Waals surface area contributed by atoms with Gasteiger partial charge in [0.05, 0.1) is 28.6 Å². The number of carbonyl (C=O) groups excluding carboxylic acids is 2. The van der Waals surface area contributed by atoms with Gasteiger partial charge in [0.15, 0.2) is 5.78 Å². The van der Waals surface area contributed by atoms with Crippen molar-refractivity contribution in [2.75, 3.05) is 6.61 Å². The zero-order chi connectivity index (χ0) is 20.4. The lowest BCUT2D eigenvalue weighted by atomic mass is 10.1. The van der Waals surface area contributed by atoms with Crippen molar-refractivity contribution in [2.24, 2.45) is 0 Å². The minimum Gasteiger partial charge on any atom is -0.462 e. The van der Waals surface area contributed by atoms with Crippen LogP contribution in [-0.2, 0) is 4.74 Å². The minimum absolute atomic E-state index is 0.0819. The van der Waals surface area contributed by atoms with Crippen molar-refractivity contribution in [3.63, 3.8) is 0 Å². The van der Waals surface area contributed by atoms with Crippen molar-refractivity contribution in [1.29, 1.82) is 0 Å². The van der Waals surface area contributed by atoms with Gasteiger partial charge in [-0.25, -0.2) is 14.8 Å². The second kappa shape index (κ2) is 8.14. The SMILES string of the molecule is CCOC(=O)c1c(C)[nH]c(C(=O)[C@@H](C)Sc2nc(C)nc3ccccc23)c1C. The summed E-state index contributed by atoms with van der Waals surface area (Å²) in [5, 5.41) is 1.31. The summed E-state index contributed by atoms with van der Waals surface area (Å²) in [6.45, 7) is 9.28. The third-order valence-electron chi connectivity index (χ3n) is 4.50. The lowest BCUT2D eigenvalue weighted by molar-refractivity contribution is 0.0525. The Kier molecular flexibility index (Phi) is 5.84. The molecule has 7 heteroatoms. The number of Topliss-reactive ketones (excluding diaryl/α,β-unsaturated/α-hetero) is 1. The lowest BCUT2D eigenvalue weighted by Crippen LogP contribution is -2.16. The molecule has 0 aliphatic rings. The number of nitrogens with one attached hydrogen (secondary N) is 1. The first kappa shape index (κ1) is 20.1. The number of aromatic amines is 1. The van der Waals surface area contributed by atoms with E-state index in [9.17, 15) is 9.59 Å². The van der Waals surface area contributed by atoms with Crippen molar-refractivity contribution in [2.45, 2.75) is 44.9 Å². The summed E-state index contributed by atoms with van der Waals surface area (Å²) in [7, 11) is 0. The topological polar surface area (TPSA) is 84.9 Å². The highest BCUT2D eigenvalue weighted by molar-refractivity contribution is 8.00. The van der Waals surface area contributed by atoms with E-state index in [0.29, 0.717) is 34.9 Å². The summed E-state index contributed by atoms with van der Waals surface area (Å²) in [6, 6.07) is 7.75. The van der Waals surface area contributed by atoms with Crippen molar-refractivity contribution in [3.8, 4) is 0 Å². The molecule has 0 aliphatic carbocycles. The van der Waals surface area contributed by atoms with Crippen LogP contribution in [0.3, 0.4) is 0 Å². The Morgan fingerprint density at radius 1 is 1.18 bits per heavy atom. The average molecular weight is 398 g/mol. The first-order valence-electron chi connectivity index (χ1n) is 9.14.